The largest absolute Gasteiger partial charge is 0.379 e. The van der Waals surface area contributed by atoms with E-state index in [2.05, 4.69) is 26.8 Å². The SMILES string of the molecule is Cc1c[nH]c2cnc3c(=O)[nH]cc(CN4CCOCC4)c3c12. The summed E-state index contributed by atoms with van der Waals surface area (Å²) in [5, 5.41) is 2.06. The van der Waals surface area contributed by atoms with E-state index < -0.39 is 0 Å². The molecule has 1 aliphatic heterocycles. The van der Waals surface area contributed by atoms with Crippen LogP contribution in [-0.4, -0.2) is 46.2 Å². The third kappa shape index (κ3) is 2.12. The van der Waals surface area contributed by atoms with Crippen LogP contribution >= 0.6 is 0 Å². The lowest BCUT2D eigenvalue weighted by Crippen LogP contribution is -2.35. The lowest BCUT2D eigenvalue weighted by molar-refractivity contribution is 0.0343. The van der Waals surface area contributed by atoms with E-state index in [1.807, 2.05) is 12.4 Å². The molecule has 1 fully saturated rings. The Bertz CT molecular complexity index is 890. The molecule has 3 aromatic heterocycles. The molecule has 0 aromatic carbocycles. The molecule has 0 spiro atoms. The number of aromatic amines is 2. The summed E-state index contributed by atoms with van der Waals surface area (Å²) in [4.78, 5) is 24.9. The van der Waals surface area contributed by atoms with Crippen molar-refractivity contribution in [3.63, 3.8) is 0 Å². The fourth-order valence-electron chi connectivity index (χ4n) is 3.19. The van der Waals surface area contributed by atoms with Crippen molar-refractivity contribution in [3.05, 3.63) is 40.1 Å². The maximum Gasteiger partial charge on any atom is 0.274 e. The van der Waals surface area contributed by atoms with Gasteiger partial charge in [-0.25, -0.2) is 4.98 Å². The Morgan fingerprint density at radius 3 is 2.86 bits per heavy atom. The van der Waals surface area contributed by atoms with Gasteiger partial charge in [0.25, 0.3) is 5.56 Å². The highest BCUT2D eigenvalue weighted by atomic mass is 16.5. The molecule has 22 heavy (non-hydrogen) atoms. The number of ether oxygens (including phenoxy) is 1. The van der Waals surface area contributed by atoms with Crippen molar-refractivity contribution in [3.8, 4) is 0 Å². The molecule has 0 unspecified atom stereocenters. The average molecular weight is 298 g/mol. The highest BCUT2D eigenvalue weighted by Gasteiger charge is 2.16. The first-order valence-electron chi connectivity index (χ1n) is 7.51. The van der Waals surface area contributed by atoms with Crippen LogP contribution in [0.1, 0.15) is 11.1 Å². The smallest absolute Gasteiger partial charge is 0.274 e. The number of morpholine rings is 1. The third-order valence-electron chi connectivity index (χ3n) is 4.33. The Kier molecular flexibility index (Phi) is 3.20. The number of hydrogen-bond donors (Lipinski definition) is 2. The van der Waals surface area contributed by atoms with Crippen molar-refractivity contribution in [1.29, 1.82) is 0 Å². The van der Waals surface area contributed by atoms with Crippen LogP contribution in [-0.2, 0) is 11.3 Å². The van der Waals surface area contributed by atoms with Gasteiger partial charge < -0.3 is 14.7 Å². The molecule has 3 aromatic rings. The zero-order valence-electron chi connectivity index (χ0n) is 12.5. The number of fused-ring (bicyclic) bond motifs is 3. The number of aromatic nitrogens is 3. The number of rotatable bonds is 2. The van der Waals surface area contributed by atoms with E-state index in [9.17, 15) is 4.79 Å². The maximum absolute atomic E-state index is 12.1. The van der Waals surface area contributed by atoms with Gasteiger partial charge in [-0.3, -0.25) is 9.69 Å². The summed E-state index contributed by atoms with van der Waals surface area (Å²) in [5.41, 5.74) is 3.59. The van der Waals surface area contributed by atoms with Crippen LogP contribution in [0.3, 0.4) is 0 Å². The monoisotopic (exact) mass is 298 g/mol. The van der Waals surface area contributed by atoms with E-state index in [1.165, 1.54) is 0 Å². The van der Waals surface area contributed by atoms with E-state index in [4.69, 9.17) is 4.74 Å². The van der Waals surface area contributed by atoms with Crippen molar-refractivity contribution in [1.82, 2.24) is 19.9 Å². The molecule has 0 aliphatic carbocycles. The molecule has 4 rings (SSSR count). The summed E-state index contributed by atoms with van der Waals surface area (Å²) in [5.74, 6) is 0. The van der Waals surface area contributed by atoms with E-state index in [0.717, 1.165) is 60.3 Å². The van der Waals surface area contributed by atoms with Crippen molar-refractivity contribution in [2.45, 2.75) is 13.5 Å². The lowest BCUT2D eigenvalue weighted by atomic mass is 10.0. The van der Waals surface area contributed by atoms with Crippen LogP contribution in [0.2, 0.25) is 0 Å². The average Bonchev–Trinajstić information content (AvgIpc) is 2.93. The van der Waals surface area contributed by atoms with Crippen LogP contribution in [0.25, 0.3) is 21.8 Å². The van der Waals surface area contributed by atoms with E-state index in [-0.39, 0.29) is 5.56 Å². The number of H-pyrrole nitrogens is 2. The standard InChI is InChI=1S/C16H18N4O2/c1-10-6-17-12-8-18-15-14(13(10)12)11(7-19-16(15)21)9-20-2-4-22-5-3-20/h6-8,17H,2-5,9H2,1H3,(H,19,21). The van der Waals surface area contributed by atoms with Gasteiger partial charge in [-0.05, 0) is 18.1 Å². The Balaban J connectivity index is 1.93. The number of hydrogen-bond acceptors (Lipinski definition) is 4. The van der Waals surface area contributed by atoms with Crippen molar-refractivity contribution in [2.24, 2.45) is 0 Å². The summed E-state index contributed by atoms with van der Waals surface area (Å²) in [6, 6.07) is 0. The summed E-state index contributed by atoms with van der Waals surface area (Å²) in [7, 11) is 0. The van der Waals surface area contributed by atoms with Crippen molar-refractivity contribution >= 4 is 21.8 Å². The van der Waals surface area contributed by atoms with E-state index in [0.29, 0.717) is 5.52 Å². The third-order valence-corrected chi connectivity index (χ3v) is 4.33. The predicted octanol–water partition coefficient (Wildman–Crippen LogP) is 1.55. The maximum atomic E-state index is 12.1. The van der Waals surface area contributed by atoms with Gasteiger partial charge in [-0.15, -0.1) is 0 Å². The molecule has 0 radical (unpaired) electrons. The molecule has 6 heteroatoms. The second kappa shape index (κ2) is 5.23. The first-order chi connectivity index (χ1) is 10.7. The van der Waals surface area contributed by atoms with Gasteiger partial charge in [0, 0.05) is 42.8 Å². The molecule has 0 atom stereocenters. The Labute approximate surface area is 127 Å². The van der Waals surface area contributed by atoms with Gasteiger partial charge in [0.05, 0.1) is 24.9 Å². The van der Waals surface area contributed by atoms with Crippen LogP contribution in [0.15, 0.2) is 23.4 Å². The predicted molar refractivity (Wildman–Crippen MR) is 85.1 cm³/mol. The molecular formula is C16H18N4O2. The number of nitrogens with one attached hydrogen (secondary N) is 2. The zero-order valence-corrected chi connectivity index (χ0v) is 12.5. The first-order valence-corrected chi connectivity index (χ1v) is 7.51. The quantitative estimate of drug-likeness (QED) is 0.753. The number of aryl methyl sites for hydroxylation is 1. The van der Waals surface area contributed by atoms with Gasteiger partial charge >= 0.3 is 0 Å². The van der Waals surface area contributed by atoms with Crippen molar-refractivity contribution < 1.29 is 4.74 Å². The minimum atomic E-state index is -0.136. The summed E-state index contributed by atoms with van der Waals surface area (Å²) >= 11 is 0. The van der Waals surface area contributed by atoms with Gasteiger partial charge in [0.1, 0.15) is 5.52 Å². The normalized spacial score (nSPS) is 16.6. The molecule has 0 amide bonds. The van der Waals surface area contributed by atoms with E-state index >= 15 is 0 Å². The second-order valence-electron chi connectivity index (χ2n) is 5.77. The Morgan fingerprint density at radius 1 is 1.23 bits per heavy atom. The molecule has 1 aliphatic rings. The van der Waals surface area contributed by atoms with Crippen LogP contribution < -0.4 is 5.56 Å². The van der Waals surface area contributed by atoms with Gasteiger partial charge in [-0.1, -0.05) is 0 Å². The van der Waals surface area contributed by atoms with Crippen molar-refractivity contribution in [2.75, 3.05) is 26.3 Å². The Morgan fingerprint density at radius 2 is 2.05 bits per heavy atom. The van der Waals surface area contributed by atoms with Gasteiger partial charge in [0.2, 0.25) is 0 Å². The molecule has 6 nitrogen and oxygen atoms in total. The molecular weight excluding hydrogens is 280 g/mol. The molecule has 114 valence electrons. The molecule has 0 saturated carbocycles. The summed E-state index contributed by atoms with van der Waals surface area (Å²) < 4.78 is 5.40. The second-order valence-corrected chi connectivity index (χ2v) is 5.77. The van der Waals surface area contributed by atoms with Gasteiger partial charge in [-0.2, -0.15) is 0 Å². The Hall–Kier alpha value is -2.18. The topological polar surface area (TPSA) is 74.0 Å². The number of pyridine rings is 2. The lowest BCUT2D eigenvalue weighted by Gasteiger charge is -2.27. The zero-order chi connectivity index (χ0) is 15.1. The van der Waals surface area contributed by atoms with E-state index in [1.54, 1.807) is 6.20 Å². The summed E-state index contributed by atoms with van der Waals surface area (Å²) in [6.45, 7) is 6.20. The van der Waals surface area contributed by atoms with Crippen LogP contribution in [0.5, 0.6) is 0 Å². The first kappa shape index (κ1) is 13.5. The highest BCUT2D eigenvalue weighted by Crippen LogP contribution is 2.27. The molecule has 2 N–H and O–H groups in total. The minimum Gasteiger partial charge on any atom is -0.379 e. The minimum absolute atomic E-state index is 0.136. The fraction of sp³-hybridized carbons (Fsp3) is 0.375. The number of nitrogens with zero attached hydrogens (tertiary/aromatic N) is 2. The highest BCUT2D eigenvalue weighted by molar-refractivity contribution is 6.07. The molecule has 1 saturated heterocycles. The summed E-state index contributed by atoms with van der Waals surface area (Å²) in [6.07, 6.45) is 5.53. The van der Waals surface area contributed by atoms with Crippen LogP contribution in [0, 0.1) is 6.92 Å². The van der Waals surface area contributed by atoms with Crippen LogP contribution in [0.4, 0.5) is 0 Å². The fourth-order valence-corrected chi connectivity index (χ4v) is 3.19. The molecule has 0 bridgehead atoms. The van der Waals surface area contributed by atoms with Gasteiger partial charge in [0.15, 0.2) is 0 Å². The molecule has 4 heterocycles.